The van der Waals surface area contributed by atoms with Gasteiger partial charge in [-0.1, -0.05) is 30.1 Å². The predicted molar refractivity (Wildman–Crippen MR) is 81.5 cm³/mol. The molecule has 2 rings (SSSR count). The van der Waals surface area contributed by atoms with Crippen molar-refractivity contribution < 1.29 is 8.42 Å². The maximum atomic E-state index is 12.7. The Balaban J connectivity index is 2.42. The van der Waals surface area contributed by atoms with Crippen LogP contribution in [0.4, 0.5) is 0 Å². The molecule has 1 fully saturated rings. The van der Waals surface area contributed by atoms with Gasteiger partial charge in [-0.3, -0.25) is 0 Å². The minimum Gasteiger partial charge on any atom is -0.326 e. The minimum atomic E-state index is -3.60. The lowest BCUT2D eigenvalue weighted by Crippen LogP contribution is -2.33. The lowest BCUT2D eigenvalue weighted by atomic mass is 10.2. The van der Waals surface area contributed by atoms with Crippen LogP contribution in [0.3, 0.4) is 0 Å². The van der Waals surface area contributed by atoms with Crippen LogP contribution in [0.15, 0.2) is 17.0 Å². The first-order valence-electron chi connectivity index (χ1n) is 6.58. The van der Waals surface area contributed by atoms with Crippen molar-refractivity contribution in [2.75, 3.05) is 13.1 Å². The summed E-state index contributed by atoms with van der Waals surface area (Å²) in [5, 5.41) is 0.524. The Morgan fingerprint density at radius 2 is 2.00 bits per heavy atom. The summed E-state index contributed by atoms with van der Waals surface area (Å²) in [6.45, 7) is 2.91. The van der Waals surface area contributed by atoms with E-state index in [4.69, 9.17) is 28.9 Å². The van der Waals surface area contributed by atoms with Crippen molar-refractivity contribution in [1.29, 1.82) is 0 Å². The molecule has 0 atom stereocenters. The van der Waals surface area contributed by atoms with E-state index < -0.39 is 10.0 Å². The second-order valence-electron chi connectivity index (χ2n) is 4.94. The molecule has 112 valence electrons. The van der Waals surface area contributed by atoms with Crippen LogP contribution in [0.1, 0.15) is 25.3 Å². The van der Waals surface area contributed by atoms with Crippen molar-refractivity contribution in [3.63, 3.8) is 0 Å². The van der Waals surface area contributed by atoms with Crippen molar-refractivity contribution in [3.05, 3.63) is 27.7 Å². The average molecular weight is 337 g/mol. The number of rotatable bonds is 6. The van der Waals surface area contributed by atoms with E-state index in [2.05, 4.69) is 0 Å². The van der Waals surface area contributed by atoms with Gasteiger partial charge < -0.3 is 5.73 Å². The predicted octanol–water partition coefficient (Wildman–Crippen LogP) is 2.87. The molecule has 0 amide bonds. The molecule has 0 bridgehead atoms. The lowest BCUT2D eigenvalue weighted by molar-refractivity contribution is 0.412. The minimum absolute atomic E-state index is 0.0894. The molecule has 4 nitrogen and oxygen atoms in total. The second kappa shape index (κ2) is 6.20. The van der Waals surface area contributed by atoms with Crippen LogP contribution < -0.4 is 5.73 Å². The second-order valence-corrected chi connectivity index (χ2v) is 7.63. The summed E-state index contributed by atoms with van der Waals surface area (Å²) in [5.74, 6) is 0.477. The first-order chi connectivity index (χ1) is 9.41. The Hall–Kier alpha value is -0.330. The van der Waals surface area contributed by atoms with Crippen LogP contribution in [-0.4, -0.2) is 25.8 Å². The standard InChI is InChI=1S/C13H18Cl2N2O2S/c1-2-17(8-9-3-4-9)20(18,19)12-6-5-11(14)10(7-16)13(12)15/h5-6,9H,2-4,7-8,16H2,1H3. The number of hydrogen-bond donors (Lipinski definition) is 1. The molecule has 7 heteroatoms. The number of sulfonamides is 1. The van der Waals surface area contributed by atoms with Gasteiger partial charge in [0.05, 0.1) is 5.02 Å². The highest BCUT2D eigenvalue weighted by Crippen LogP contribution is 2.35. The highest BCUT2D eigenvalue weighted by molar-refractivity contribution is 7.89. The quantitative estimate of drug-likeness (QED) is 0.868. The molecule has 0 heterocycles. The van der Waals surface area contributed by atoms with Crippen molar-refractivity contribution in [2.45, 2.75) is 31.2 Å². The number of hydrogen-bond acceptors (Lipinski definition) is 3. The van der Waals surface area contributed by atoms with Crippen LogP contribution in [0.2, 0.25) is 10.0 Å². The van der Waals surface area contributed by atoms with Gasteiger partial charge in [-0.15, -0.1) is 0 Å². The van der Waals surface area contributed by atoms with Crippen molar-refractivity contribution in [1.82, 2.24) is 4.31 Å². The first-order valence-corrected chi connectivity index (χ1v) is 8.78. The monoisotopic (exact) mass is 336 g/mol. The number of nitrogens with zero attached hydrogens (tertiary/aromatic N) is 1. The SMILES string of the molecule is CCN(CC1CC1)S(=O)(=O)c1ccc(Cl)c(CN)c1Cl. The normalized spacial score (nSPS) is 15.8. The van der Waals surface area contributed by atoms with Gasteiger partial charge in [-0.2, -0.15) is 4.31 Å². The Morgan fingerprint density at radius 1 is 1.35 bits per heavy atom. The largest absolute Gasteiger partial charge is 0.326 e. The first kappa shape index (κ1) is 16.0. The molecule has 0 spiro atoms. The third-order valence-corrected chi connectivity index (χ3v) is 6.37. The molecule has 0 aliphatic heterocycles. The molecule has 1 aromatic carbocycles. The molecule has 0 saturated heterocycles. The van der Waals surface area contributed by atoms with E-state index in [-0.39, 0.29) is 16.5 Å². The van der Waals surface area contributed by atoms with Crippen molar-refractivity contribution >= 4 is 33.2 Å². The fraction of sp³-hybridized carbons (Fsp3) is 0.538. The molecule has 1 saturated carbocycles. The maximum absolute atomic E-state index is 12.7. The fourth-order valence-electron chi connectivity index (χ4n) is 2.09. The summed E-state index contributed by atoms with van der Waals surface area (Å²) in [6.07, 6.45) is 2.18. The van der Waals surface area contributed by atoms with E-state index in [1.54, 1.807) is 0 Å². The molecule has 0 radical (unpaired) electrons. The molecule has 0 aromatic heterocycles. The number of nitrogens with two attached hydrogens (primary N) is 1. The molecular weight excluding hydrogens is 319 g/mol. The Labute approximate surface area is 129 Å². The zero-order valence-corrected chi connectivity index (χ0v) is 13.6. The zero-order valence-electron chi connectivity index (χ0n) is 11.3. The average Bonchev–Trinajstić information content (AvgIpc) is 3.19. The van der Waals surface area contributed by atoms with Gasteiger partial charge in [0.25, 0.3) is 0 Å². The van der Waals surface area contributed by atoms with Gasteiger partial charge in [0.1, 0.15) is 4.90 Å². The Morgan fingerprint density at radius 3 is 2.50 bits per heavy atom. The van der Waals surface area contributed by atoms with E-state index in [1.807, 2.05) is 6.92 Å². The lowest BCUT2D eigenvalue weighted by Gasteiger charge is -2.21. The maximum Gasteiger partial charge on any atom is 0.244 e. The van der Waals surface area contributed by atoms with Gasteiger partial charge >= 0.3 is 0 Å². The highest BCUT2D eigenvalue weighted by atomic mass is 35.5. The van der Waals surface area contributed by atoms with Gasteiger partial charge in [0, 0.05) is 30.2 Å². The van der Waals surface area contributed by atoms with Gasteiger partial charge in [0.15, 0.2) is 0 Å². The molecule has 1 aliphatic carbocycles. The third kappa shape index (κ3) is 3.12. The summed E-state index contributed by atoms with van der Waals surface area (Å²) >= 11 is 12.2. The molecular formula is C13H18Cl2N2O2S. The smallest absolute Gasteiger partial charge is 0.244 e. The van der Waals surface area contributed by atoms with Crippen LogP contribution in [0, 0.1) is 5.92 Å². The summed E-state index contributed by atoms with van der Waals surface area (Å²) < 4.78 is 26.8. The van der Waals surface area contributed by atoms with Crippen molar-refractivity contribution in [3.8, 4) is 0 Å². The van der Waals surface area contributed by atoms with Crippen LogP contribution in [0.25, 0.3) is 0 Å². The molecule has 20 heavy (non-hydrogen) atoms. The molecule has 1 aliphatic rings. The van der Waals surface area contributed by atoms with Gasteiger partial charge in [0.2, 0.25) is 10.0 Å². The van der Waals surface area contributed by atoms with Crippen LogP contribution in [0.5, 0.6) is 0 Å². The number of halogens is 2. The van der Waals surface area contributed by atoms with E-state index in [9.17, 15) is 8.42 Å². The van der Waals surface area contributed by atoms with E-state index in [0.717, 1.165) is 12.8 Å². The molecule has 1 aromatic rings. The summed E-state index contributed by atoms with van der Waals surface area (Å²) in [5.41, 5.74) is 6.06. The van der Waals surface area contributed by atoms with E-state index in [0.29, 0.717) is 29.6 Å². The summed E-state index contributed by atoms with van der Waals surface area (Å²) in [4.78, 5) is 0.0894. The van der Waals surface area contributed by atoms with E-state index >= 15 is 0 Å². The Bertz CT molecular complexity index is 601. The van der Waals surface area contributed by atoms with Crippen LogP contribution >= 0.6 is 23.2 Å². The topological polar surface area (TPSA) is 63.4 Å². The zero-order chi connectivity index (χ0) is 14.9. The van der Waals surface area contributed by atoms with Crippen LogP contribution in [-0.2, 0) is 16.6 Å². The van der Waals surface area contributed by atoms with E-state index in [1.165, 1.54) is 16.4 Å². The summed E-state index contributed by atoms with van der Waals surface area (Å²) in [7, 11) is -3.60. The van der Waals surface area contributed by atoms with Gasteiger partial charge in [-0.05, 0) is 30.9 Å². The summed E-state index contributed by atoms with van der Waals surface area (Å²) in [6, 6.07) is 2.99. The van der Waals surface area contributed by atoms with Gasteiger partial charge in [-0.25, -0.2) is 8.42 Å². The van der Waals surface area contributed by atoms with Crippen molar-refractivity contribution in [2.24, 2.45) is 11.7 Å². The third-order valence-electron chi connectivity index (χ3n) is 3.48. The fourth-order valence-corrected chi connectivity index (χ4v) is 4.52. The Kier molecular flexibility index (Phi) is 4.97. The number of benzene rings is 1. The molecule has 2 N–H and O–H groups in total. The molecule has 0 unspecified atom stereocenters. The highest BCUT2D eigenvalue weighted by Gasteiger charge is 2.32.